The molecule has 0 aliphatic carbocycles. The van der Waals surface area contributed by atoms with Crippen LogP contribution < -0.4 is 10.2 Å². The first kappa shape index (κ1) is 20.2. The van der Waals surface area contributed by atoms with E-state index in [1.54, 1.807) is 0 Å². The van der Waals surface area contributed by atoms with Crippen LogP contribution in [0.3, 0.4) is 0 Å². The van der Waals surface area contributed by atoms with E-state index in [2.05, 4.69) is 20.8 Å². The molecule has 5 nitrogen and oxygen atoms in total. The molecule has 2 heterocycles. The Kier molecular flexibility index (Phi) is 4.90. The predicted molar refractivity (Wildman–Crippen MR) is 110 cm³/mol. The van der Waals surface area contributed by atoms with Gasteiger partial charge in [0.05, 0.1) is 12.0 Å². The molecular formula is C23H28O5. The maximum atomic E-state index is 13.3. The molecule has 0 saturated carbocycles. The number of Topliss-reactive ketones (excluding diaryl/α,β-unsaturated/α-hetero) is 1. The Bertz CT molecular complexity index is 1030. The third-order valence-corrected chi connectivity index (χ3v) is 4.88. The second-order valence-electron chi connectivity index (χ2n) is 9.32. The van der Waals surface area contributed by atoms with Gasteiger partial charge < -0.3 is 14.3 Å². The van der Waals surface area contributed by atoms with Crippen LogP contribution in [0.15, 0.2) is 21.4 Å². The molecule has 2 aromatic rings. The number of phenols is 1. The highest BCUT2D eigenvalue weighted by Gasteiger charge is 2.28. The molecule has 0 bridgehead atoms. The van der Waals surface area contributed by atoms with Crippen molar-refractivity contribution in [3.63, 3.8) is 0 Å². The van der Waals surface area contributed by atoms with Crippen molar-refractivity contribution in [2.75, 3.05) is 0 Å². The molecule has 0 atom stereocenters. The summed E-state index contributed by atoms with van der Waals surface area (Å²) in [5.41, 5.74) is 0.560. The van der Waals surface area contributed by atoms with Crippen molar-refractivity contribution < 1.29 is 19.1 Å². The maximum Gasteiger partial charge on any atom is 0.199 e. The fraction of sp³-hybridized carbons (Fsp3) is 0.478. The van der Waals surface area contributed by atoms with Gasteiger partial charge >= 0.3 is 0 Å². The minimum Gasteiger partial charge on any atom is -0.507 e. The maximum absolute atomic E-state index is 13.3. The van der Waals surface area contributed by atoms with Crippen molar-refractivity contribution in [3.05, 3.63) is 39.3 Å². The van der Waals surface area contributed by atoms with Crippen molar-refractivity contribution >= 4 is 22.8 Å². The predicted octanol–water partition coefficient (Wildman–Crippen LogP) is 4.79. The molecule has 0 unspecified atom stereocenters. The minimum absolute atomic E-state index is 0.0228. The third-order valence-electron chi connectivity index (χ3n) is 4.88. The van der Waals surface area contributed by atoms with Gasteiger partial charge in [-0.15, -0.1) is 0 Å². The molecule has 1 N–H and O–H groups in total. The Morgan fingerprint density at radius 3 is 2.54 bits per heavy atom. The molecule has 3 rings (SSSR count). The molecule has 0 fully saturated rings. The van der Waals surface area contributed by atoms with Crippen LogP contribution in [0.2, 0.25) is 0 Å². The Hall–Kier alpha value is -2.56. The Morgan fingerprint density at radius 1 is 1.25 bits per heavy atom. The second kappa shape index (κ2) is 6.80. The van der Waals surface area contributed by atoms with Crippen LogP contribution in [0.1, 0.15) is 64.9 Å². The average molecular weight is 384 g/mol. The molecule has 28 heavy (non-hydrogen) atoms. The fourth-order valence-corrected chi connectivity index (χ4v) is 3.39. The first-order valence-electron chi connectivity index (χ1n) is 9.60. The largest absolute Gasteiger partial charge is 0.507 e. The van der Waals surface area contributed by atoms with E-state index in [1.165, 1.54) is 13.0 Å². The van der Waals surface area contributed by atoms with Gasteiger partial charge in [-0.05, 0) is 51.2 Å². The number of aromatic hydroxyl groups is 1. The van der Waals surface area contributed by atoms with Gasteiger partial charge in [0.25, 0.3) is 0 Å². The summed E-state index contributed by atoms with van der Waals surface area (Å²) >= 11 is 0. The summed E-state index contributed by atoms with van der Waals surface area (Å²) in [6.45, 7) is 11.6. The van der Waals surface area contributed by atoms with Crippen LogP contribution in [0, 0.1) is 5.41 Å². The summed E-state index contributed by atoms with van der Waals surface area (Å²) in [7, 11) is 0. The SMILES string of the molecule is CC(=O)Cc1oc2c3c(cc(O)c2c(=O)c1CCC(C)(C)C)OC(C)(C)C=C3. The van der Waals surface area contributed by atoms with Crippen LogP contribution in [0.25, 0.3) is 17.0 Å². The van der Waals surface area contributed by atoms with Crippen LogP contribution in [-0.2, 0) is 17.6 Å². The summed E-state index contributed by atoms with van der Waals surface area (Å²) in [6.07, 6.45) is 5.02. The van der Waals surface area contributed by atoms with Crippen LogP contribution in [0.4, 0.5) is 0 Å². The Balaban J connectivity index is 2.28. The third kappa shape index (κ3) is 3.98. The van der Waals surface area contributed by atoms with Gasteiger partial charge in [-0.1, -0.05) is 20.8 Å². The van der Waals surface area contributed by atoms with Gasteiger partial charge in [0.2, 0.25) is 0 Å². The number of ketones is 1. The van der Waals surface area contributed by atoms with E-state index >= 15 is 0 Å². The average Bonchev–Trinajstić information content (AvgIpc) is 2.51. The van der Waals surface area contributed by atoms with Crippen molar-refractivity contribution in [2.45, 2.75) is 66.4 Å². The van der Waals surface area contributed by atoms with Gasteiger partial charge in [-0.3, -0.25) is 9.59 Å². The van der Waals surface area contributed by atoms with E-state index in [4.69, 9.17) is 9.15 Å². The molecule has 5 heteroatoms. The summed E-state index contributed by atoms with van der Waals surface area (Å²) in [4.78, 5) is 25.1. The number of carbonyl (C=O) groups is 1. The van der Waals surface area contributed by atoms with E-state index in [0.717, 1.165) is 6.42 Å². The van der Waals surface area contributed by atoms with Gasteiger partial charge in [-0.25, -0.2) is 0 Å². The van der Waals surface area contributed by atoms with E-state index in [0.29, 0.717) is 29.1 Å². The fourth-order valence-electron chi connectivity index (χ4n) is 3.39. The molecule has 1 aromatic heterocycles. The topological polar surface area (TPSA) is 76.7 Å². The highest BCUT2D eigenvalue weighted by Crippen LogP contribution is 2.40. The zero-order valence-corrected chi connectivity index (χ0v) is 17.4. The smallest absolute Gasteiger partial charge is 0.199 e. The van der Waals surface area contributed by atoms with Gasteiger partial charge in [-0.2, -0.15) is 0 Å². The van der Waals surface area contributed by atoms with Crippen molar-refractivity contribution in [1.29, 1.82) is 0 Å². The second-order valence-corrected chi connectivity index (χ2v) is 9.32. The van der Waals surface area contributed by atoms with Crippen LogP contribution in [0.5, 0.6) is 11.5 Å². The van der Waals surface area contributed by atoms with E-state index in [-0.39, 0.29) is 39.8 Å². The van der Waals surface area contributed by atoms with Crippen molar-refractivity contribution in [2.24, 2.45) is 5.41 Å². The number of hydrogen-bond donors (Lipinski definition) is 1. The molecule has 0 amide bonds. The molecule has 0 saturated heterocycles. The zero-order chi connectivity index (χ0) is 20.9. The number of ether oxygens (including phenoxy) is 1. The summed E-state index contributed by atoms with van der Waals surface area (Å²) in [6, 6.07) is 1.47. The Morgan fingerprint density at radius 2 is 1.93 bits per heavy atom. The molecular weight excluding hydrogens is 356 g/mol. The van der Waals surface area contributed by atoms with E-state index < -0.39 is 5.60 Å². The normalized spacial score (nSPS) is 15.4. The summed E-state index contributed by atoms with van der Waals surface area (Å²) in [5.74, 6) is 0.582. The molecule has 0 radical (unpaired) electrons. The molecule has 0 spiro atoms. The number of fused-ring (bicyclic) bond motifs is 3. The van der Waals surface area contributed by atoms with Gasteiger partial charge in [0.15, 0.2) is 11.0 Å². The lowest BCUT2D eigenvalue weighted by Crippen LogP contribution is -2.27. The molecule has 1 aromatic carbocycles. The van der Waals surface area contributed by atoms with Crippen molar-refractivity contribution in [1.82, 2.24) is 0 Å². The quantitative estimate of drug-likeness (QED) is 0.820. The molecule has 150 valence electrons. The zero-order valence-electron chi connectivity index (χ0n) is 17.4. The standard InChI is InChI=1S/C23H28O5/c1-13(24)11-17-14(7-9-22(2,3)4)20(26)19-16(25)12-18-15(21(19)27-17)8-10-23(5,6)28-18/h8,10,12,25H,7,9,11H2,1-6H3. The minimum atomic E-state index is -0.526. The number of carbonyl (C=O) groups excluding carboxylic acids is 1. The highest BCUT2D eigenvalue weighted by molar-refractivity contribution is 5.94. The number of rotatable bonds is 4. The van der Waals surface area contributed by atoms with Crippen LogP contribution in [-0.4, -0.2) is 16.5 Å². The summed E-state index contributed by atoms with van der Waals surface area (Å²) in [5, 5.41) is 10.7. The molecule has 1 aliphatic rings. The van der Waals surface area contributed by atoms with E-state index in [9.17, 15) is 14.7 Å². The number of phenolic OH excluding ortho intramolecular Hbond substituents is 1. The van der Waals surface area contributed by atoms with Gasteiger partial charge in [0.1, 0.15) is 34.0 Å². The molecule has 1 aliphatic heterocycles. The number of benzene rings is 1. The van der Waals surface area contributed by atoms with Gasteiger partial charge in [0, 0.05) is 11.6 Å². The lowest BCUT2D eigenvalue weighted by atomic mass is 9.87. The monoisotopic (exact) mass is 384 g/mol. The highest BCUT2D eigenvalue weighted by atomic mass is 16.5. The first-order valence-corrected chi connectivity index (χ1v) is 9.60. The van der Waals surface area contributed by atoms with Crippen molar-refractivity contribution in [3.8, 4) is 11.5 Å². The lowest BCUT2D eigenvalue weighted by molar-refractivity contribution is -0.116. The van der Waals surface area contributed by atoms with E-state index in [1.807, 2.05) is 26.0 Å². The Labute approximate surface area is 165 Å². The van der Waals surface area contributed by atoms with Crippen LogP contribution >= 0.6 is 0 Å². The lowest BCUT2D eigenvalue weighted by Gasteiger charge is -2.28. The first-order chi connectivity index (χ1) is 12.9. The summed E-state index contributed by atoms with van der Waals surface area (Å²) < 4.78 is 12.0. The number of hydrogen-bond acceptors (Lipinski definition) is 5.